The number of fused-ring (bicyclic) bond motifs is 1. The van der Waals surface area contributed by atoms with E-state index in [0.717, 1.165) is 0 Å². The van der Waals surface area contributed by atoms with Crippen molar-refractivity contribution in [3.63, 3.8) is 0 Å². The van der Waals surface area contributed by atoms with Gasteiger partial charge in [0.1, 0.15) is 5.52 Å². The Kier molecular flexibility index (Phi) is 2.72. The highest BCUT2D eigenvalue weighted by atomic mass is 19.2. The van der Waals surface area contributed by atoms with Gasteiger partial charge >= 0.3 is 7.12 Å². The molecule has 3 rings (SSSR count). The van der Waals surface area contributed by atoms with Crippen molar-refractivity contribution >= 4 is 23.6 Å². The summed E-state index contributed by atoms with van der Waals surface area (Å²) < 4.78 is 39.6. The summed E-state index contributed by atoms with van der Waals surface area (Å²) in [6.07, 6.45) is 1.32. The van der Waals surface area contributed by atoms with Crippen LogP contribution < -0.4 is 5.46 Å². The second-order valence-corrected chi connectivity index (χ2v) is 5.98. The first-order valence-corrected chi connectivity index (χ1v) is 6.39. The molecule has 7 heteroatoms. The lowest BCUT2D eigenvalue weighted by molar-refractivity contribution is 0.00578. The second-order valence-electron chi connectivity index (χ2n) is 5.98. The fourth-order valence-corrected chi connectivity index (χ4v) is 2.18. The maximum atomic E-state index is 14.2. The van der Waals surface area contributed by atoms with Gasteiger partial charge in [0, 0.05) is 5.46 Å². The zero-order valence-corrected chi connectivity index (χ0v) is 11.8. The molecule has 20 heavy (non-hydrogen) atoms. The summed E-state index contributed by atoms with van der Waals surface area (Å²) in [6, 6.07) is 1.48. The standard InChI is InChI=1S/C13H15BF2N2O2/c1-12(2)13(3,4)20-14(19-12)7-5-8-11(18-6-17-8)10(16)9(7)15/h5-6H,1-4H3,(H,17,18). The molecule has 1 aromatic carbocycles. The van der Waals surface area contributed by atoms with Gasteiger partial charge in [-0.1, -0.05) is 0 Å². The van der Waals surface area contributed by atoms with Gasteiger partial charge in [-0.2, -0.15) is 0 Å². The number of hydrogen-bond acceptors (Lipinski definition) is 3. The fraction of sp³-hybridized carbons (Fsp3) is 0.462. The number of aromatic nitrogens is 2. The molecule has 2 aromatic rings. The molecule has 1 aliphatic rings. The summed E-state index contributed by atoms with van der Waals surface area (Å²) in [5.41, 5.74) is -0.790. The minimum absolute atomic E-state index is 0.0252. The minimum atomic E-state index is -0.992. The lowest BCUT2D eigenvalue weighted by Gasteiger charge is -2.32. The molecule has 0 amide bonds. The summed E-state index contributed by atoms with van der Waals surface area (Å²) in [6.45, 7) is 7.43. The van der Waals surface area contributed by atoms with E-state index in [1.165, 1.54) is 12.4 Å². The minimum Gasteiger partial charge on any atom is -0.399 e. The number of hydrogen-bond donors (Lipinski definition) is 1. The van der Waals surface area contributed by atoms with Crippen LogP contribution in [0, 0.1) is 11.6 Å². The number of aromatic amines is 1. The largest absolute Gasteiger partial charge is 0.498 e. The molecule has 1 fully saturated rings. The Bertz CT molecular complexity index is 668. The Morgan fingerprint density at radius 2 is 1.70 bits per heavy atom. The van der Waals surface area contributed by atoms with E-state index < -0.39 is 30.0 Å². The number of H-pyrrole nitrogens is 1. The first-order chi connectivity index (χ1) is 9.23. The predicted molar refractivity (Wildman–Crippen MR) is 71.7 cm³/mol. The molecule has 1 saturated heterocycles. The molecular weight excluding hydrogens is 265 g/mol. The van der Waals surface area contributed by atoms with Crippen molar-refractivity contribution in [1.29, 1.82) is 0 Å². The van der Waals surface area contributed by atoms with Crippen molar-refractivity contribution < 1.29 is 18.1 Å². The van der Waals surface area contributed by atoms with E-state index in [2.05, 4.69) is 9.97 Å². The van der Waals surface area contributed by atoms with Crippen LogP contribution in [0.5, 0.6) is 0 Å². The summed E-state index contributed by atoms with van der Waals surface area (Å²) in [5.74, 6) is -1.98. The van der Waals surface area contributed by atoms with E-state index in [9.17, 15) is 8.78 Å². The first-order valence-electron chi connectivity index (χ1n) is 6.39. The summed E-state index contributed by atoms with van der Waals surface area (Å²) in [5, 5.41) is 0. The lowest BCUT2D eigenvalue weighted by Crippen LogP contribution is -2.41. The number of nitrogens with zero attached hydrogens (tertiary/aromatic N) is 1. The molecule has 0 radical (unpaired) electrons. The van der Waals surface area contributed by atoms with E-state index in [4.69, 9.17) is 9.31 Å². The molecule has 2 heterocycles. The Morgan fingerprint density at radius 3 is 2.30 bits per heavy atom. The molecule has 106 valence electrons. The van der Waals surface area contributed by atoms with Gasteiger partial charge in [0.25, 0.3) is 0 Å². The molecule has 0 saturated carbocycles. The van der Waals surface area contributed by atoms with E-state index >= 15 is 0 Å². The third-order valence-corrected chi connectivity index (χ3v) is 4.13. The van der Waals surface area contributed by atoms with Crippen molar-refractivity contribution in [3.05, 3.63) is 24.0 Å². The van der Waals surface area contributed by atoms with Crippen LogP contribution in [0.3, 0.4) is 0 Å². The Hall–Kier alpha value is -1.47. The molecule has 0 bridgehead atoms. The molecule has 4 nitrogen and oxygen atoms in total. The number of imidazole rings is 1. The van der Waals surface area contributed by atoms with Crippen molar-refractivity contribution in [1.82, 2.24) is 9.97 Å². The predicted octanol–water partition coefficient (Wildman–Crippen LogP) is 2.14. The Labute approximate surface area is 115 Å². The third kappa shape index (κ3) is 1.77. The monoisotopic (exact) mass is 280 g/mol. The molecule has 0 atom stereocenters. The van der Waals surface area contributed by atoms with E-state index in [1.807, 2.05) is 27.7 Å². The number of benzene rings is 1. The second kappa shape index (κ2) is 4.02. The van der Waals surface area contributed by atoms with Gasteiger partial charge in [-0.3, -0.25) is 0 Å². The third-order valence-electron chi connectivity index (χ3n) is 4.13. The van der Waals surface area contributed by atoms with E-state index in [0.29, 0.717) is 5.52 Å². The van der Waals surface area contributed by atoms with Crippen molar-refractivity contribution in [2.45, 2.75) is 38.9 Å². The van der Waals surface area contributed by atoms with Crippen molar-refractivity contribution in [2.24, 2.45) is 0 Å². The van der Waals surface area contributed by atoms with Crippen LogP contribution in [0.15, 0.2) is 12.4 Å². The average Bonchev–Trinajstić information content (AvgIpc) is 2.87. The number of nitrogens with one attached hydrogen (secondary N) is 1. The highest BCUT2D eigenvalue weighted by Crippen LogP contribution is 2.37. The van der Waals surface area contributed by atoms with Gasteiger partial charge in [0.15, 0.2) is 11.6 Å². The molecule has 0 aliphatic carbocycles. The maximum Gasteiger partial charge on any atom is 0.498 e. The van der Waals surface area contributed by atoms with Gasteiger partial charge in [-0.25, -0.2) is 13.8 Å². The molecule has 1 aliphatic heterocycles. The van der Waals surface area contributed by atoms with Gasteiger partial charge < -0.3 is 14.3 Å². The van der Waals surface area contributed by atoms with Crippen LogP contribution in [-0.2, 0) is 9.31 Å². The topological polar surface area (TPSA) is 47.1 Å². The van der Waals surface area contributed by atoms with Gasteiger partial charge in [-0.15, -0.1) is 0 Å². The number of rotatable bonds is 1. The fourth-order valence-electron chi connectivity index (χ4n) is 2.18. The average molecular weight is 280 g/mol. The van der Waals surface area contributed by atoms with Crippen LogP contribution in [-0.4, -0.2) is 28.3 Å². The molecule has 1 aromatic heterocycles. The van der Waals surface area contributed by atoms with Crippen LogP contribution in [0.2, 0.25) is 0 Å². The van der Waals surface area contributed by atoms with Crippen LogP contribution in [0.1, 0.15) is 27.7 Å². The van der Waals surface area contributed by atoms with Gasteiger partial charge in [-0.05, 0) is 33.8 Å². The smallest absolute Gasteiger partial charge is 0.399 e. The van der Waals surface area contributed by atoms with Crippen molar-refractivity contribution in [2.75, 3.05) is 0 Å². The van der Waals surface area contributed by atoms with Gasteiger partial charge in [0.2, 0.25) is 0 Å². The quantitative estimate of drug-likeness (QED) is 0.814. The molecule has 0 spiro atoms. The maximum absolute atomic E-state index is 14.2. The summed E-state index contributed by atoms with van der Waals surface area (Å²) in [4.78, 5) is 6.52. The van der Waals surface area contributed by atoms with E-state index in [1.54, 1.807) is 0 Å². The lowest BCUT2D eigenvalue weighted by atomic mass is 9.78. The van der Waals surface area contributed by atoms with Gasteiger partial charge in [0.05, 0.1) is 23.0 Å². The van der Waals surface area contributed by atoms with Crippen LogP contribution in [0.25, 0.3) is 11.0 Å². The zero-order chi connectivity index (χ0) is 14.7. The number of halogens is 2. The zero-order valence-electron chi connectivity index (χ0n) is 11.8. The molecule has 1 N–H and O–H groups in total. The SMILES string of the molecule is CC1(C)OB(c2cc3[nH]cnc3c(F)c2F)OC1(C)C. The highest BCUT2D eigenvalue weighted by molar-refractivity contribution is 6.62. The summed E-state index contributed by atoms with van der Waals surface area (Å²) >= 11 is 0. The molecule has 0 unspecified atom stereocenters. The first kappa shape index (κ1) is 13.5. The molecular formula is C13H15BF2N2O2. The van der Waals surface area contributed by atoms with Crippen LogP contribution in [0.4, 0.5) is 8.78 Å². The highest BCUT2D eigenvalue weighted by Gasteiger charge is 2.52. The van der Waals surface area contributed by atoms with Crippen LogP contribution >= 0.6 is 0 Å². The normalized spacial score (nSPS) is 20.8. The van der Waals surface area contributed by atoms with Crippen molar-refractivity contribution in [3.8, 4) is 0 Å². The summed E-state index contributed by atoms with van der Waals surface area (Å²) in [7, 11) is -0.942. The Balaban J connectivity index is 2.10. The Morgan fingerprint density at radius 1 is 1.10 bits per heavy atom. The van der Waals surface area contributed by atoms with E-state index in [-0.39, 0.29) is 11.0 Å².